The summed E-state index contributed by atoms with van der Waals surface area (Å²) in [5.41, 5.74) is 5.27. The lowest BCUT2D eigenvalue weighted by atomic mass is 10.1. The molecule has 0 aromatic heterocycles. The molecule has 0 bridgehead atoms. The van der Waals surface area contributed by atoms with Crippen molar-refractivity contribution >= 4 is 71.8 Å². The average Bonchev–Trinajstić information content (AvgIpc) is 2.81. The first-order valence-corrected chi connectivity index (χ1v) is 12.0. The van der Waals surface area contributed by atoms with Crippen molar-refractivity contribution in [2.75, 3.05) is 13.2 Å². The number of nitrogens with one attached hydrogen (secondary N) is 3. The van der Waals surface area contributed by atoms with Gasteiger partial charge in [-0.1, -0.05) is 41.1 Å². The quantitative estimate of drug-likeness (QED) is 0.267. The standard InChI is InChI=1S/C23H21Br2N3O4S/c1-2-10-31-17-5-3-4-15(12-17)22(30)26-23(33)28-27-20(29)13-32-19-9-6-14-11-16(24)7-8-18(14)21(19)25/h3-9,11-12H,2,10,13H2,1H3,(H,27,29)(H2,26,28,30,33). The molecule has 0 unspecified atom stereocenters. The largest absolute Gasteiger partial charge is 0.494 e. The fraction of sp³-hybridized carbons (Fsp3) is 0.174. The predicted octanol–water partition coefficient (Wildman–Crippen LogP) is 4.87. The molecule has 7 nitrogen and oxygen atoms in total. The van der Waals surface area contributed by atoms with Gasteiger partial charge in [0.2, 0.25) is 0 Å². The van der Waals surface area contributed by atoms with E-state index in [1.807, 2.05) is 31.2 Å². The normalized spacial score (nSPS) is 10.4. The summed E-state index contributed by atoms with van der Waals surface area (Å²) in [5, 5.41) is 4.44. The number of amides is 2. The lowest BCUT2D eigenvalue weighted by Crippen LogP contribution is -2.49. The van der Waals surface area contributed by atoms with Gasteiger partial charge in [-0.3, -0.25) is 25.8 Å². The van der Waals surface area contributed by atoms with E-state index in [9.17, 15) is 9.59 Å². The maximum absolute atomic E-state index is 12.4. The van der Waals surface area contributed by atoms with Gasteiger partial charge in [-0.25, -0.2) is 0 Å². The second-order valence-electron chi connectivity index (χ2n) is 6.86. The van der Waals surface area contributed by atoms with E-state index in [0.717, 1.165) is 26.1 Å². The summed E-state index contributed by atoms with van der Waals surface area (Å²) in [6.07, 6.45) is 0.865. The van der Waals surface area contributed by atoms with Gasteiger partial charge in [-0.15, -0.1) is 0 Å². The third kappa shape index (κ3) is 7.15. The minimum Gasteiger partial charge on any atom is -0.494 e. The number of hydrogen-bond donors (Lipinski definition) is 3. The smallest absolute Gasteiger partial charge is 0.276 e. The zero-order chi connectivity index (χ0) is 23.8. The van der Waals surface area contributed by atoms with Crippen LogP contribution in [0.2, 0.25) is 0 Å². The number of benzene rings is 3. The molecular formula is C23H21Br2N3O4S. The van der Waals surface area contributed by atoms with E-state index >= 15 is 0 Å². The number of halogens is 2. The van der Waals surface area contributed by atoms with Crippen molar-refractivity contribution in [1.82, 2.24) is 16.2 Å². The lowest BCUT2D eigenvalue weighted by molar-refractivity contribution is -0.123. The van der Waals surface area contributed by atoms with Gasteiger partial charge in [0, 0.05) is 10.0 Å². The van der Waals surface area contributed by atoms with Gasteiger partial charge in [0.1, 0.15) is 11.5 Å². The van der Waals surface area contributed by atoms with Crippen LogP contribution < -0.4 is 25.6 Å². The minimum absolute atomic E-state index is 0.0503. The number of ether oxygens (including phenoxy) is 2. The monoisotopic (exact) mass is 593 g/mol. The Morgan fingerprint density at radius 1 is 1.00 bits per heavy atom. The number of carbonyl (C=O) groups excluding carboxylic acids is 2. The molecule has 10 heteroatoms. The van der Waals surface area contributed by atoms with E-state index in [2.05, 4.69) is 48.0 Å². The molecule has 3 rings (SSSR count). The Balaban J connectivity index is 1.47. The molecule has 0 aliphatic carbocycles. The van der Waals surface area contributed by atoms with Crippen molar-refractivity contribution in [3.63, 3.8) is 0 Å². The third-order valence-corrected chi connectivity index (χ3v) is 5.87. The second kappa shape index (κ2) is 12.0. The summed E-state index contributed by atoms with van der Waals surface area (Å²) in [6.45, 7) is 2.31. The number of carbonyl (C=O) groups is 2. The molecule has 0 heterocycles. The van der Waals surface area contributed by atoms with Crippen molar-refractivity contribution in [2.24, 2.45) is 0 Å². The molecule has 0 saturated heterocycles. The van der Waals surface area contributed by atoms with E-state index in [-0.39, 0.29) is 11.7 Å². The number of fused-ring (bicyclic) bond motifs is 1. The first kappa shape index (κ1) is 24.9. The van der Waals surface area contributed by atoms with Gasteiger partial charge in [0.05, 0.1) is 11.1 Å². The van der Waals surface area contributed by atoms with Crippen LogP contribution >= 0.6 is 44.1 Å². The van der Waals surface area contributed by atoms with Gasteiger partial charge in [-0.2, -0.15) is 0 Å². The summed E-state index contributed by atoms with van der Waals surface area (Å²) in [7, 11) is 0. The van der Waals surface area contributed by atoms with Crippen LogP contribution in [0.4, 0.5) is 0 Å². The fourth-order valence-corrected chi connectivity index (χ4v) is 3.94. The van der Waals surface area contributed by atoms with Crippen LogP contribution in [0, 0.1) is 0 Å². The van der Waals surface area contributed by atoms with Crippen molar-refractivity contribution in [1.29, 1.82) is 0 Å². The molecule has 3 N–H and O–H groups in total. The van der Waals surface area contributed by atoms with Crippen LogP contribution in [-0.2, 0) is 4.79 Å². The molecule has 172 valence electrons. The van der Waals surface area contributed by atoms with Crippen molar-refractivity contribution < 1.29 is 19.1 Å². The van der Waals surface area contributed by atoms with Crippen LogP contribution in [0.15, 0.2) is 63.5 Å². The van der Waals surface area contributed by atoms with E-state index in [0.29, 0.717) is 23.7 Å². The number of thiocarbonyl (C=S) groups is 1. The highest BCUT2D eigenvalue weighted by Crippen LogP contribution is 2.34. The zero-order valence-electron chi connectivity index (χ0n) is 17.6. The lowest BCUT2D eigenvalue weighted by Gasteiger charge is -2.13. The van der Waals surface area contributed by atoms with E-state index < -0.39 is 11.8 Å². The van der Waals surface area contributed by atoms with Crippen molar-refractivity contribution in [2.45, 2.75) is 13.3 Å². The van der Waals surface area contributed by atoms with Gasteiger partial charge in [0.25, 0.3) is 11.8 Å². The summed E-state index contributed by atoms with van der Waals surface area (Å²) in [6, 6.07) is 16.3. The van der Waals surface area contributed by atoms with E-state index in [1.54, 1.807) is 30.3 Å². The van der Waals surface area contributed by atoms with Crippen molar-refractivity contribution in [3.8, 4) is 11.5 Å². The summed E-state index contributed by atoms with van der Waals surface area (Å²) in [4.78, 5) is 24.5. The van der Waals surface area contributed by atoms with Gasteiger partial charge in [-0.05, 0) is 81.7 Å². The SMILES string of the molecule is CCCOc1cccc(C(=O)NC(=S)NNC(=O)COc2ccc3cc(Br)ccc3c2Br)c1. The number of rotatable bonds is 7. The molecule has 33 heavy (non-hydrogen) atoms. The predicted molar refractivity (Wildman–Crippen MR) is 138 cm³/mol. The Morgan fingerprint density at radius 2 is 1.82 bits per heavy atom. The second-order valence-corrected chi connectivity index (χ2v) is 8.98. The molecule has 0 aliphatic heterocycles. The molecule has 0 fully saturated rings. The third-order valence-electron chi connectivity index (χ3n) is 4.35. The fourth-order valence-electron chi connectivity index (χ4n) is 2.81. The Morgan fingerprint density at radius 3 is 2.61 bits per heavy atom. The van der Waals surface area contributed by atoms with E-state index in [1.165, 1.54) is 0 Å². The maximum Gasteiger partial charge on any atom is 0.276 e. The van der Waals surface area contributed by atoms with E-state index in [4.69, 9.17) is 21.7 Å². The molecular weight excluding hydrogens is 574 g/mol. The van der Waals surface area contributed by atoms with Crippen LogP contribution in [0.1, 0.15) is 23.7 Å². The Bertz CT molecular complexity index is 1190. The van der Waals surface area contributed by atoms with Crippen LogP contribution in [0.5, 0.6) is 11.5 Å². The van der Waals surface area contributed by atoms with Crippen LogP contribution in [0.3, 0.4) is 0 Å². The van der Waals surface area contributed by atoms with Crippen molar-refractivity contribution in [3.05, 3.63) is 69.1 Å². The molecule has 0 aliphatic rings. The highest BCUT2D eigenvalue weighted by molar-refractivity contribution is 9.11. The molecule has 3 aromatic rings. The molecule has 0 spiro atoms. The topological polar surface area (TPSA) is 88.7 Å². The Kier molecular flexibility index (Phi) is 9.04. The Hall–Kier alpha value is -2.69. The summed E-state index contributed by atoms with van der Waals surface area (Å²) in [5.74, 6) is 0.235. The first-order valence-electron chi connectivity index (χ1n) is 10.0. The minimum atomic E-state index is -0.468. The van der Waals surface area contributed by atoms with Gasteiger partial charge >= 0.3 is 0 Å². The zero-order valence-corrected chi connectivity index (χ0v) is 21.6. The highest BCUT2D eigenvalue weighted by Gasteiger charge is 2.12. The number of hydrogen-bond acceptors (Lipinski definition) is 5. The molecule has 2 amide bonds. The van der Waals surface area contributed by atoms with Gasteiger partial charge < -0.3 is 9.47 Å². The summed E-state index contributed by atoms with van der Waals surface area (Å²) < 4.78 is 12.9. The van der Waals surface area contributed by atoms with Gasteiger partial charge in [0.15, 0.2) is 11.7 Å². The molecule has 0 atom stereocenters. The average molecular weight is 595 g/mol. The first-order chi connectivity index (χ1) is 15.9. The van der Waals surface area contributed by atoms with Crippen LogP contribution in [-0.4, -0.2) is 30.1 Å². The molecule has 0 radical (unpaired) electrons. The molecule has 0 saturated carbocycles. The number of hydrazine groups is 1. The maximum atomic E-state index is 12.4. The highest BCUT2D eigenvalue weighted by atomic mass is 79.9. The molecule has 3 aromatic carbocycles. The Labute approximate surface area is 213 Å². The van der Waals surface area contributed by atoms with Crippen LogP contribution in [0.25, 0.3) is 10.8 Å². The summed E-state index contributed by atoms with van der Waals surface area (Å²) >= 11 is 12.0.